The van der Waals surface area contributed by atoms with E-state index in [0.29, 0.717) is 18.5 Å². The first-order chi connectivity index (χ1) is 9.57. The molecule has 0 bridgehead atoms. The second-order valence-corrected chi connectivity index (χ2v) is 5.28. The third-order valence-electron chi connectivity index (χ3n) is 3.33. The zero-order valence-electron chi connectivity index (χ0n) is 11.8. The van der Waals surface area contributed by atoms with Gasteiger partial charge in [-0.05, 0) is 19.4 Å². The van der Waals surface area contributed by atoms with E-state index in [4.69, 9.17) is 0 Å². The van der Waals surface area contributed by atoms with Crippen LogP contribution in [0.1, 0.15) is 32.3 Å². The number of nitrogens with zero attached hydrogens (tertiary/aromatic N) is 2. The van der Waals surface area contributed by atoms with E-state index in [-0.39, 0.29) is 0 Å². The third kappa shape index (κ3) is 3.06. The maximum absolute atomic E-state index is 10.3. The van der Waals surface area contributed by atoms with E-state index in [9.17, 15) is 10.4 Å². The van der Waals surface area contributed by atoms with Crippen molar-refractivity contribution in [2.75, 3.05) is 11.9 Å². The summed E-state index contributed by atoms with van der Waals surface area (Å²) in [5, 5.41) is 23.6. The van der Waals surface area contributed by atoms with Crippen molar-refractivity contribution in [3.63, 3.8) is 0 Å². The van der Waals surface area contributed by atoms with Crippen LogP contribution in [0.15, 0.2) is 30.5 Å². The summed E-state index contributed by atoms with van der Waals surface area (Å²) in [6.07, 6.45) is 3.20. The van der Waals surface area contributed by atoms with Crippen LogP contribution >= 0.6 is 0 Å². The van der Waals surface area contributed by atoms with Gasteiger partial charge in [0, 0.05) is 18.1 Å². The SMILES string of the molecule is CCCC(C)(O)CNc1c(C#N)cnc2ccccc12. The van der Waals surface area contributed by atoms with Gasteiger partial charge in [-0.3, -0.25) is 4.98 Å². The van der Waals surface area contributed by atoms with Gasteiger partial charge in [0.1, 0.15) is 6.07 Å². The van der Waals surface area contributed by atoms with Gasteiger partial charge >= 0.3 is 0 Å². The molecule has 1 aromatic heterocycles. The molecule has 1 heterocycles. The van der Waals surface area contributed by atoms with Gasteiger partial charge < -0.3 is 10.4 Å². The van der Waals surface area contributed by atoms with Gasteiger partial charge in [0.05, 0.1) is 22.4 Å². The number of para-hydroxylation sites is 1. The first kappa shape index (κ1) is 14.3. The van der Waals surface area contributed by atoms with Gasteiger partial charge in [-0.15, -0.1) is 0 Å². The lowest BCUT2D eigenvalue weighted by molar-refractivity contribution is 0.0637. The first-order valence-corrected chi connectivity index (χ1v) is 6.81. The molecule has 1 aromatic carbocycles. The van der Waals surface area contributed by atoms with Gasteiger partial charge in [-0.25, -0.2) is 0 Å². The van der Waals surface area contributed by atoms with E-state index in [1.165, 1.54) is 0 Å². The Labute approximate surface area is 119 Å². The van der Waals surface area contributed by atoms with Crippen LogP contribution in [0.5, 0.6) is 0 Å². The fraction of sp³-hybridized carbons (Fsp3) is 0.375. The quantitative estimate of drug-likeness (QED) is 0.875. The van der Waals surface area contributed by atoms with Crippen molar-refractivity contribution >= 4 is 16.6 Å². The number of nitriles is 1. The van der Waals surface area contributed by atoms with Crippen molar-refractivity contribution in [1.29, 1.82) is 5.26 Å². The van der Waals surface area contributed by atoms with Gasteiger partial charge in [-0.1, -0.05) is 31.5 Å². The van der Waals surface area contributed by atoms with Gasteiger partial charge in [0.2, 0.25) is 0 Å². The minimum atomic E-state index is -0.786. The second-order valence-electron chi connectivity index (χ2n) is 5.28. The molecule has 20 heavy (non-hydrogen) atoms. The molecule has 0 aliphatic rings. The lowest BCUT2D eigenvalue weighted by atomic mass is 10.00. The molecule has 0 radical (unpaired) electrons. The van der Waals surface area contributed by atoms with Gasteiger partial charge in [-0.2, -0.15) is 5.26 Å². The number of pyridine rings is 1. The van der Waals surface area contributed by atoms with Crippen LogP contribution in [-0.4, -0.2) is 22.2 Å². The number of anilines is 1. The van der Waals surface area contributed by atoms with E-state index in [1.807, 2.05) is 31.2 Å². The molecule has 4 nitrogen and oxygen atoms in total. The Balaban J connectivity index is 2.35. The van der Waals surface area contributed by atoms with Crippen LogP contribution in [0.4, 0.5) is 5.69 Å². The van der Waals surface area contributed by atoms with Crippen molar-refractivity contribution in [3.05, 3.63) is 36.0 Å². The Morgan fingerprint density at radius 3 is 2.85 bits per heavy atom. The molecule has 2 N–H and O–H groups in total. The zero-order valence-corrected chi connectivity index (χ0v) is 11.8. The summed E-state index contributed by atoms with van der Waals surface area (Å²) >= 11 is 0. The Kier molecular flexibility index (Phi) is 4.21. The maximum Gasteiger partial charge on any atom is 0.103 e. The summed E-state index contributed by atoms with van der Waals surface area (Å²) < 4.78 is 0. The topological polar surface area (TPSA) is 68.9 Å². The number of hydrogen-bond donors (Lipinski definition) is 2. The molecule has 0 saturated heterocycles. The molecule has 0 amide bonds. The molecule has 2 rings (SSSR count). The molecule has 2 aromatic rings. The maximum atomic E-state index is 10.3. The predicted molar refractivity (Wildman–Crippen MR) is 80.5 cm³/mol. The van der Waals surface area contributed by atoms with Crippen LogP contribution in [0.25, 0.3) is 10.9 Å². The summed E-state index contributed by atoms with van der Waals surface area (Å²) in [5.74, 6) is 0. The van der Waals surface area contributed by atoms with Crippen LogP contribution in [-0.2, 0) is 0 Å². The van der Waals surface area contributed by atoms with E-state index in [1.54, 1.807) is 13.1 Å². The molecule has 0 aliphatic heterocycles. The fourth-order valence-corrected chi connectivity index (χ4v) is 2.32. The highest BCUT2D eigenvalue weighted by molar-refractivity contribution is 5.93. The summed E-state index contributed by atoms with van der Waals surface area (Å²) in [5.41, 5.74) is 1.29. The Bertz CT molecular complexity index is 644. The van der Waals surface area contributed by atoms with Crippen molar-refractivity contribution in [2.24, 2.45) is 0 Å². The van der Waals surface area contributed by atoms with E-state index >= 15 is 0 Å². The van der Waals surface area contributed by atoms with Crippen LogP contribution < -0.4 is 5.32 Å². The number of aromatic nitrogens is 1. The lowest BCUT2D eigenvalue weighted by Gasteiger charge is -2.24. The molecule has 104 valence electrons. The molecule has 4 heteroatoms. The number of rotatable bonds is 5. The van der Waals surface area contributed by atoms with E-state index < -0.39 is 5.60 Å². The Hall–Kier alpha value is -2.12. The van der Waals surface area contributed by atoms with Crippen molar-refractivity contribution in [2.45, 2.75) is 32.3 Å². The minimum Gasteiger partial charge on any atom is -0.388 e. The normalized spacial score (nSPS) is 13.7. The number of nitrogens with one attached hydrogen (secondary N) is 1. The van der Waals surface area contributed by atoms with Crippen LogP contribution in [0, 0.1) is 11.3 Å². The van der Waals surface area contributed by atoms with Crippen molar-refractivity contribution in [3.8, 4) is 6.07 Å². The summed E-state index contributed by atoms with van der Waals surface area (Å²) in [7, 11) is 0. The molecule has 0 fully saturated rings. The summed E-state index contributed by atoms with van der Waals surface area (Å²) in [6, 6.07) is 9.82. The van der Waals surface area contributed by atoms with Crippen molar-refractivity contribution in [1.82, 2.24) is 4.98 Å². The molecule has 0 spiro atoms. The lowest BCUT2D eigenvalue weighted by Crippen LogP contribution is -2.33. The number of aliphatic hydroxyl groups is 1. The average Bonchev–Trinajstić information content (AvgIpc) is 2.44. The second kappa shape index (κ2) is 5.89. The largest absolute Gasteiger partial charge is 0.388 e. The number of fused-ring (bicyclic) bond motifs is 1. The smallest absolute Gasteiger partial charge is 0.103 e. The molecule has 1 unspecified atom stereocenters. The number of benzene rings is 1. The van der Waals surface area contributed by atoms with Gasteiger partial charge in [0.15, 0.2) is 0 Å². The first-order valence-electron chi connectivity index (χ1n) is 6.81. The highest BCUT2D eigenvalue weighted by Crippen LogP contribution is 2.26. The van der Waals surface area contributed by atoms with Crippen molar-refractivity contribution < 1.29 is 5.11 Å². The highest BCUT2D eigenvalue weighted by Gasteiger charge is 2.20. The van der Waals surface area contributed by atoms with E-state index in [0.717, 1.165) is 23.0 Å². The summed E-state index contributed by atoms with van der Waals surface area (Å²) in [6.45, 7) is 4.25. The number of hydrogen-bond acceptors (Lipinski definition) is 4. The third-order valence-corrected chi connectivity index (χ3v) is 3.33. The average molecular weight is 269 g/mol. The molecule has 0 aliphatic carbocycles. The molecular formula is C16H19N3O. The Morgan fingerprint density at radius 1 is 1.40 bits per heavy atom. The standard InChI is InChI=1S/C16H19N3O/c1-3-8-16(2,20)11-19-15-12(9-17)10-18-14-7-5-4-6-13(14)15/h4-7,10,20H,3,8,11H2,1-2H3,(H,18,19). The monoisotopic (exact) mass is 269 g/mol. The van der Waals surface area contributed by atoms with Crippen LogP contribution in [0.3, 0.4) is 0 Å². The summed E-state index contributed by atoms with van der Waals surface area (Å²) in [4.78, 5) is 4.27. The van der Waals surface area contributed by atoms with Gasteiger partial charge in [0.25, 0.3) is 0 Å². The fourth-order valence-electron chi connectivity index (χ4n) is 2.32. The minimum absolute atomic E-state index is 0.406. The van der Waals surface area contributed by atoms with Crippen LogP contribution in [0.2, 0.25) is 0 Å². The van der Waals surface area contributed by atoms with E-state index in [2.05, 4.69) is 16.4 Å². The molecule has 1 atom stereocenters. The Morgan fingerprint density at radius 2 is 2.15 bits per heavy atom. The molecular weight excluding hydrogens is 250 g/mol. The highest BCUT2D eigenvalue weighted by atomic mass is 16.3. The zero-order chi connectivity index (χ0) is 14.6. The molecule has 0 saturated carbocycles. The predicted octanol–water partition coefficient (Wildman–Crippen LogP) is 3.07.